The second kappa shape index (κ2) is 8.52. The highest BCUT2D eigenvalue weighted by Gasteiger charge is 2.38. The Kier molecular flexibility index (Phi) is 5.60. The summed E-state index contributed by atoms with van der Waals surface area (Å²) in [6.45, 7) is 4.41. The van der Waals surface area contributed by atoms with Gasteiger partial charge in [0, 0.05) is 22.9 Å². The van der Waals surface area contributed by atoms with E-state index in [9.17, 15) is 20.6 Å². The predicted octanol–water partition coefficient (Wildman–Crippen LogP) is 4.01. The van der Waals surface area contributed by atoms with E-state index < -0.39 is 11.2 Å². The molecule has 2 aromatic rings. The van der Waals surface area contributed by atoms with Crippen LogP contribution in [0.2, 0.25) is 0 Å². The zero-order chi connectivity index (χ0) is 23.6. The van der Waals surface area contributed by atoms with Gasteiger partial charge >= 0.3 is 5.63 Å². The lowest BCUT2D eigenvalue weighted by Gasteiger charge is -2.20. The number of nitrogens with zero attached hydrogens (tertiary/aromatic N) is 3. The summed E-state index contributed by atoms with van der Waals surface area (Å²) in [6, 6.07) is 10.8. The van der Waals surface area contributed by atoms with Crippen molar-refractivity contribution in [3.05, 3.63) is 73.9 Å². The molecule has 33 heavy (non-hydrogen) atoms. The number of hydrogen-bond donors (Lipinski definition) is 0. The molecule has 0 radical (unpaired) electrons. The molecule has 2 aliphatic rings. The molecule has 160 valence electrons. The first-order valence-corrected chi connectivity index (χ1v) is 10.1. The molecule has 0 saturated carbocycles. The van der Waals surface area contributed by atoms with Crippen LogP contribution in [0.5, 0.6) is 0 Å². The molecule has 0 unspecified atom stereocenters. The van der Waals surface area contributed by atoms with Gasteiger partial charge in [-0.15, -0.1) is 0 Å². The molecule has 4 rings (SSSR count). The minimum Gasteiger partial charge on any atom is -0.480 e. The van der Waals surface area contributed by atoms with Gasteiger partial charge in [-0.1, -0.05) is 17.9 Å². The third-order valence-corrected chi connectivity index (χ3v) is 5.33. The molecule has 0 atom stereocenters. The molecular weight excluding hydrogens is 418 g/mol. The van der Waals surface area contributed by atoms with Crippen LogP contribution < -0.4 is 5.63 Å². The number of allylic oxidation sites excluding steroid dienone is 2. The highest BCUT2D eigenvalue weighted by atomic mass is 16.5. The highest BCUT2D eigenvalue weighted by Crippen LogP contribution is 2.40. The highest BCUT2D eigenvalue weighted by molar-refractivity contribution is 5.82. The summed E-state index contributed by atoms with van der Waals surface area (Å²) in [6.07, 6.45) is 3.77. The molecule has 0 N–H and O–H groups in total. The molecule has 0 amide bonds. The first-order chi connectivity index (χ1) is 15.9. The van der Waals surface area contributed by atoms with E-state index in [1.54, 1.807) is 44.2 Å². The first kappa shape index (κ1) is 21.7. The van der Waals surface area contributed by atoms with Crippen LogP contribution in [-0.2, 0) is 16.1 Å². The molecule has 1 aromatic heterocycles. The Bertz CT molecular complexity index is 1500. The second-order valence-corrected chi connectivity index (χ2v) is 7.91. The number of hydrogen-bond acceptors (Lipinski definition) is 7. The number of nitriles is 3. The topological polar surface area (TPSA) is 120 Å². The van der Waals surface area contributed by atoms with Gasteiger partial charge in [-0.25, -0.2) is 4.79 Å². The van der Waals surface area contributed by atoms with E-state index in [-0.39, 0.29) is 22.5 Å². The smallest absolute Gasteiger partial charge is 0.343 e. The van der Waals surface area contributed by atoms with E-state index in [4.69, 9.17) is 13.9 Å². The van der Waals surface area contributed by atoms with Gasteiger partial charge < -0.3 is 13.9 Å². The third kappa shape index (κ3) is 4.02. The molecule has 7 heteroatoms. The van der Waals surface area contributed by atoms with Gasteiger partial charge in [0.25, 0.3) is 0 Å². The average Bonchev–Trinajstić information content (AvgIpc) is 3.03. The fraction of sp³-hybridized carbons (Fsp3) is 0.231. The fourth-order valence-corrected chi connectivity index (χ4v) is 3.70. The van der Waals surface area contributed by atoms with Crippen molar-refractivity contribution in [3.63, 3.8) is 0 Å². The third-order valence-electron chi connectivity index (χ3n) is 5.33. The Morgan fingerprint density at radius 3 is 2.67 bits per heavy atom. The van der Waals surface area contributed by atoms with Crippen molar-refractivity contribution in [2.45, 2.75) is 32.5 Å². The van der Waals surface area contributed by atoms with E-state index in [1.165, 1.54) is 6.08 Å². The Hall–Kier alpha value is -4.56. The monoisotopic (exact) mass is 435 g/mol. The molecule has 7 nitrogen and oxygen atoms in total. The summed E-state index contributed by atoms with van der Waals surface area (Å²) < 4.78 is 16.9. The molecule has 0 aliphatic carbocycles. The van der Waals surface area contributed by atoms with Gasteiger partial charge in [0.2, 0.25) is 0 Å². The number of fused-ring (bicyclic) bond motifs is 2. The van der Waals surface area contributed by atoms with Gasteiger partial charge in [-0.05, 0) is 43.7 Å². The lowest BCUT2D eigenvalue weighted by molar-refractivity contribution is 0.0954. The van der Waals surface area contributed by atoms with Gasteiger partial charge in [0.15, 0.2) is 11.3 Å². The van der Waals surface area contributed by atoms with E-state index >= 15 is 0 Å². The van der Waals surface area contributed by atoms with Gasteiger partial charge in [-0.3, -0.25) is 0 Å². The van der Waals surface area contributed by atoms with Crippen LogP contribution in [0.3, 0.4) is 0 Å². The molecule has 2 aliphatic heterocycles. The molecule has 0 bridgehead atoms. The summed E-state index contributed by atoms with van der Waals surface area (Å²) in [4.78, 5) is 12.6. The maximum Gasteiger partial charge on any atom is 0.343 e. The van der Waals surface area contributed by atoms with E-state index in [1.807, 2.05) is 12.1 Å². The van der Waals surface area contributed by atoms with Crippen LogP contribution in [0.1, 0.15) is 37.0 Å². The normalized spacial score (nSPS) is 16.5. The summed E-state index contributed by atoms with van der Waals surface area (Å²) in [5, 5.41) is 28.7. The fourth-order valence-electron chi connectivity index (χ4n) is 3.70. The van der Waals surface area contributed by atoms with Crippen molar-refractivity contribution in [2.24, 2.45) is 0 Å². The zero-order valence-electron chi connectivity index (χ0n) is 18.0. The Labute approximate surface area is 190 Å². The van der Waals surface area contributed by atoms with E-state index in [2.05, 4.69) is 11.8 Å². The maximum absolute atomic E-state index is 12.6. The first-order valence-electron chi connectivity index (χ1n) is 10.1. The number of ether oxygens (including phenoxy) is 2. The van der Waals surface area contributed by atoms with Crippen LogP contribution in [0.15, 0.2) is 56.0 Å². The molecule has 0 fully saturated rings. The molecule has 3 heterocycles. The van der Waals surface area contributed by atoms with Crippen molar-refractivity contribution in [1.29, 1.82) is 15.8 Å². The summed E-state index contributed by atoms with van der Waals surface area (Å²) in [5.74, 6) is 6.06. The Morgan fingerprint density at radius 2 is 1.94 bits per heavy atom. The molecule has 0 saturated heterocycles. The average molecular weight is 435 g/mol. The van der Waals surface area contributed by atoms with Gasteiger partial charge in [0.05, 0.1) is 18.8 Å². The van der Waals surface area contributed by atoms with Crippen molar-refractivity contribution >= 4 is 17.0 Å². The lowest BCUT2D eigenvalue weighted by Crippen LogP contribution is -2.20. The standard InChI is InChI=1S/C26H17N3O4/c1-26(2)22(21(14-29)24(33-26)20(12-27)13-28)7-6-17-9-18-10-19-15-31-8-4-3-5-16(19)11-23(18)32-25(17)30/h6-7,9-11H,4,8,15H2,1-2H3/b7-6+. The largest absolute Gasteiger partial charge is 0.480 e. The van der Waals surface area contributed by atoms with Crippen LogP contribution in [0, 0.1) is 45.8 Å². The summed E-state index contributed by atoms with van der Waals surface area (Å²) in [5.41, 5.74) is 1.11. The van der Waals surface area contributed by atoms with Gasteiger partial charge in [0.1, 0.15) is 35.0 Å². The summed E-state index contributed by atoms with van der Waals surface area (Å²) in [7, 11) is 0. The quantitative estimate of drug-likeness (QED) is 0.397. The summed E-state index contributed by atoms with van der Waals surface area (Å²) >= 11 is 0. The minimum atomic E-state index is -0.973. The van der Waals surface area contributed by atoms with Crippen molar-refractivity contribution in [2.75, 3.05) is 6.61 Å². The minimum absolute atomic E-state index is 0.0579. The second-order valence-electron chi connectivity index (χ2n) is 7.91. The predicted molar refractivity (Wildman–Crippen MR) is 119 cm³/mol. The van der Waals surface area contributed by atoms with Crippen LogP contribution in [0.4, 0.5) is 0 Å². The van der Waals surface area contributed by atoms with E-state index in [0.29, 0.717) is 36.2 Å². The maximum atomic E-state index is 12.6. The zero-order valence-corrected chi connectivity index (χ0v) is 18.0. The number of benzene rings is 1. The SMILES string of the molecule is CC1(C)OC(=C(C#N)C#N)C(C#N)=C1/C=C/c1cc2cc3c(cc2oc1=O)C#CCCOC3. The van der Waals surface area contributed by atoms with E-state index in [0.717, 1.165) is 11.1 Å². The van der Waals surface area contributed by atoms with Crippen LogP contribution in [-0.4, -0.2) is 12.2 Å². The Balaban J connectivity index is 1.81. The van der Waals surface area contributed by atoms with Crippen molar-refractivity contribution in [3.8, 4) is 30.0 Å². The van der Waals surface area contributed by atoms with Crippen molar-refractivity contribution < 1.29 is 13.9 Å². The molecule has 0 spiro atoms. The van der Waals surface area contributed by atoms with Gasteiger partial charge in [-0.2, -0.15) is 15.8 Å². The lowest BCUT2D eigenvalue weighted by atomic mass is 9.94. The van der Waals surface area contributed by atoms with Crippen LogP contribution in [0.25, 0.3) is 17.0 Å². The number of rotatable bonds is 2. The van der Waals surface area contributed by atoms with Crippen LogP contribution >= 0.6 is 0 Å². The molecule has 1 aromatic carbocycles. The Morgan fingerprint density at radius 1 is 1.15 bits per heavy atom. The molecular formula is C26H17N3O4. The van der Waals surface area contributed by atoms with Crippen molar-refractivity contribution in [1.82, 2.24) is 0 Å².